The molecule has 0 radical (unpaired) electrons. The molecule has 23 heavy (non-hydrogen) atoms. The van der Waals surface area contributed by atoms with E-state index < -0.39 is 16.1 Å². The van der Waals surface area contributed by atoms with Crippen molar-refractivity contribution < 1.29 is 17.9 Å². The fourth-order valence-corrected chi connectivity index (χ4v) is 3.88. The van der Waals surface area contributed by atoms with Crippen LogP contribution in [0, 0.1) is 0 Å². The highest BCUT2D eigenvalue weighted by atomic mass is 32.2. The molecule has 2 aliphatic heterocycles. The van der Waals surface area contributed by atoms with E-state index in [1.807, 2.05) is 6.92 Å². The van der Waals surface area contributed by atoms with Crippen LogP contribution in [-0.2, 0) is 14.8 Å². The maximum atomic E-state index is 11.8. The summed E-state index contributed by atoms with van der Waals surface area (Å²) >= 11 is 0. The van der Waals surface area contributed by atoms with Crippen LogP contribution in [-0.4, -0.2) is 60.8 Å². The Morgan fingerprint density at radius 2 is 1.96 bits per heavy atom. The van der Waals surface area contributed by atoms with Gasteiger partial charge >= 0.3 is 6.09 Å². The molecule has 3 rings (SSSR count). The summed E-state index contributed by atoms with van der Waals surface area (Å²) in [6.07, 6.45) is 5.47. The summed E-state index contributed by atoms with van der Waals surface area (Å²) in [4.78, 5) is 22.0. The van der Waals surface area contributed by atoms with E-state index in [4.69, 9.17) is 4.74 Å². The highest BCUT2D eigenvalue weighted by Gasteiger charge is 2.33. The quantitative estimate of drug-likeness (QED) is 0.814. The number of rotatable bonds is 3. The van der Waals surface area contributed by atoms with Gasteiger partial charge in [0.2, 0.25) is 10.0 Å². The number of hydrogen-bond donors (Lipinski definition) is 0. The predicted octanol–water partition coefficient (Wildman–Crippen LogP) is 0.961. The molecule has 1 atom stereocenters. The van der Waals surface area contributed by atoms with Crippen LogP contribution in [0.1, 0.15) is 31.4 Å². The summed E-state index contributed by atoms with van der Waals surface area (Å²) in [6.45, 7) is 3.20. The molecule has 126 valence electrons. The number of sulfonamides is 1. The summed E-state index contributed by atoms with van der Waals surface area (Å²) in [5, 5.41) is 0. The molecule has 0 aliphatic carbocycles. The number of aromatic nitrogens is 2. The highest BCUT2D eigenvalue weighted by Crippen LogP contribution is 2.29. The molecule has 0 aromatic carbocycles. The lowest BCUT2D eigenvalue weighted by Gasteiger charge is -2.30. The van der Waals surface area contributed by atoms with E-state index in [1.165, 1.54) is 15.5 Å². The number of amides is 1. The Bertz CT molecular complexity index is 700. The summed E-state index contributed by atoms with van der Waals surface area (Å²) < 4.78 is 29.6. The van der Waals surface area contributed by atoms with Gasteiger partial charge in [-0.2, -0.15) is 0 Å². The van der Waals surface area contributed by atoms with E-state index >= 15 is 0 Å². The second kappa shape index (κ2) is 6.04. The Hall–Kier alpha value is -1.74. The minimum absolute atomic E-state index is 0.0702. The summed E-state index contributed by atoms with van der Waals surface area (Å²) in [5.74, 6) is 0.637. The molecule has 0 N–H and O–H groups in total. The zero-order valence-corrected chi connectivity index (χ0v) is 14.0. The van der Waals surface area contributed by atoms with Gasteiger partial charge in [-0.15, -0.1) is 0 Å². The Balaban J connectivity index is 1.75. The average Bonchev–Trinajstić information content (AvgIpc) is 2.86. The van der Waals surface area contributed by atoms with Crippen LogP contribution in [0.5, 0.6) is 0 Å². The maximum absolute atomic E-state index is 11.8. The largest absolute Gasteiger partial charge is 0.447 e. The van der Waals surface area contributed by atoms with Crippen LogP contribution in [0.2, 0.25) is 0 Å². The number of carbonyl (C=O) groups is 1. The van der Waals surface area contributed by atoms with Gasteiger partial charge in [0.25, 0.3) is 0 Å². The number of ether oxygens (including phenoxy) is 1. The van der Waals surface area contributed by atoms with Gasteiger partial charge in [0, 0.05) is 25.2 Å². The van der Waals surface area contributed by atoms with Crippen LogP contribution in [0.15, 0.2) is 12.4 Å². The van der Waals surface area contributed by atoms with Crippen LogP contribution in [0.25, 0.3) is 0 Å². The molecule has 2 saturated heterocycles. The van der Waals surface area contributed by atoms with Crippen molar-refractivity contribution in [3.63, 3.8) is 0 Å². The minimum Gasteiger partial charge on any atom is -0.447 e. The molecular weight excluding hydrogens is 320 g/mol. The standard InChI is InChI=1S/C14H20N4O4S/c1-10-9-22-14(19)18(10)13-8-15-7-12(16-13)11-3-5-17(6-4-11)23(2,20)21/h7-8,10-11H,3-6,9H2,1-2H3. The van der Waals surface area contributed by atoms with Gasteiger partial charge in [-0.1, -0.05) is 0 Å². The number of piperidine rings is 1. The van der Waals surface area contributed by atoms with Gasteiger partial charge < -0.3 is 4.74 Å². The minimum atomic E-state index is -3.14. The number of carbonyl (C=O) groups excluding carboxylic acids is 1. The molecule has 9 heteroatoms. The van der Waals surface area contributed by atoms with E-state index in [0.29, 0.717) is 38.4 Å². The molecular formula is C14H20N4O4S. The van der Waals surface area contributed by atoms with E-state index in [2.05, 4.69) is 9.97 Å². The first-order valence-electron chi connectivity index (χ1n) is 7.59. The van der Waals surface area contributed by atoms with Gasteiger partial charge in [-0.3, -0.25) is 9.88 Å². The number of anilines is 1. The summed E-state index contributed by atoms with van der Waals surface area (Å²) in [6, 6.07) is -0.0702. The Morgan fingerprint density at radius 3 is 2.52 bits per heavy atom. The lowest BCUT2D eigenvalue weighted by molar-refractivity contribution is 0.179. The summed E-state index contributed by atoms with van der Waals surface area (Å²) in [7, 11) is -3.14. The van der Waals surface area contributed by atoms with Crippen molar-refractivity contribution >= 4 is 21.9 Å². The van der Waals surface area contributed by atoms with Crippen molar-refractivity contribution in [1.82, 2.24) is 14.3 Å². The maximum Gasteiger partial charge on any atom is 0.415 e. The molecule has 1 aromatic rings. The Labute approximate surface area is 135 Å². The number of hydrogen-bond acceptors (Lipinski definition) is 6. The first-order chi connectivity index (χ1) is 10.9. The molecule has 2 aliphatic rings. The highest BCUT2D eigenvalue weighted by molar-refractivity contribution is 7.88. The first kappa shape index (κ1) is 16.1. The van der Waals surface area contributed by atoms with Crippen molar-refractivity contribution in [2.75, 3.05) is 30.9 Å². The second-order valence-corrected chi connectivity index (χ2v) is 8.02. The Kier molecular flexibility index (Phi) is 4.24. The molecule has 0 saturated carbocycles. The molecule has 0 bridgehead atoms. The van der Waals surface area contributed by atoms with Gasteiger partial charge in [-0.25, -0.2) is 22.5 Å². The van der Waals surface area contributed by atoms with Crippen molar-refractivity contribution in [3.05, 3.63) is 18.1 Å². The fourth-order valence-electron chi connectivity index (χ4n) is 3.00. The molecule has 1 aromatic heterocycles. The van der Waals surface area contributed by atoms with Crippen LogP contribution < -0.4 is 4.90 Å². The Morgan fingerprint density at radius 1 is 1.26 bits per heavy atom. The second-order valence-electron chi connectivity index (χ2n) is 6.03. The van der Waals surface area contributed by atoms with Gasteiger partial charge in [-0.05, 0) is 19.8 Å². The average molecular weight is 340 g/mol. The first-order valence-corrected chi connectivity index (χ1v) is 9.44. The smallest absolute Gasteiger partial charge is 0.415 e. The topological polar surface area (TPSA) is 92.7 Å². The van der Waals surface area contributed by atoms with Crippen LogP contribution in [0.4, 0.5) is 10.6 Å². The van der Waals surface area contributed by atoms with Crippen molar-refractivity contribution in [2.24, 2.45) is 0 Å². The van der Waals surface area contributed by atoms with E-state index in [1.54, 1.807) is 12.4 Å². The van der Waals surface area contributed by atoms with Crippen LogP contribution in [0.3, 0.4) is 0 Å². The van der Waals surface area contributed by atoms with Gasteiger partial charge in [0.05, 0.1) is 24.2 Å². The normalized spacial score (nSPS) is 24.0. The van der Waals surface area contributed by atoms with Crippen molar-refractivity contribution in [1.29, 1.82) is 0 Å². The lowest BCUT2D eigenvalue weighted by Crippen LogP contribution is -2.37. The van der Waals surface area contributed by atoms with Crippen LogP contribution >= 0.6 is 0 Å². The molecule has 8 nitrogen and oxygen atoms in total. The van der Waals surface area contributed by atoms with E-state index in [-0.39, 0.29) is 12.0 Å². The SMILES string of the molecule is CC1COC(=O)N1c1cncc(C2CCN(S(C)(=O)=O)CC2)n1. The van der Waals surface area contributed by atoms with Crippen molar-refractivity contribution in [3.8, 4) is 0 Å². The lowest BCUT2D eigenvalue weighted by atomic mass is 9.95. The number of nitrogens with zero attached hydrogens (tertiary/aromatic N) is 4. The monoisotopic (exact) mass is 340 g/mol. The zero-order chi connectivity index (χ0) is 16.6. The van der Waals surface area contributed by atoms with E-state index in [0.717, 1.165) is 5.69 Å². The fraction of sp³-hybridized carbons (Fsp3) is 0.643. The molecule has 2 fully saturated rings. The zero-order valence-electron chi connectivity index (χ0n) is 13.2. The summed E-state index contributed by atoms with van der Waals surface area (Å²) in [5.41, 5.74) is 0.794. The van der Waals surface area contributed by atoms with E-state index in [9.17, 15) is 13.2 Å². The molecule has 1 amide bonds. The van der Waals surface area contributed by atoms with Gasteiger partial charge in [0.15, 0.2) is 5.82 Å². The number of cyclic esters (lactones) is 1. The molecule has 1 unspecified atom stereocenters. The van der Waals surface area contributed by atoms with Gasteiger partial charge in [0.1, 0.15) is 6.61 Å². The molecule has 3 heterocycles. The third-order valence-electron chi connectivity index (χ3n) is 4.31. The third kappa shape index (κ3) is 3.30. The predicted molar refractivity (Wildman–Crippen MR) is 83.7 cm³/mol. The molecule has 0 spiro atoms. The van der Waals surface area contributed by atoms with Crippen molar-refractivity contribution in [2.45, 2.75) is 31.7 Å². The third-order valence-corrected chi connectivity index (χ3v) is 5.62.